The van der Waals surface area contributed by atoms with Crippen LogP contribution in [-0.4, -0.2) is 138 Å². The van der Waals surface area contributed by atoms with E-state index in [2.05, 4.69) is 15.5 Å². The van der Waals surface area contributed by atoms with Gasteiger partial charge in [0.15, 0.2) is 0 Å². The van der Waals surface area contributed by atoms with Gasteiger partial charge in [0.25, 0.3) is 11.7 Å². The maximum atomic E-state index is 14.5. The third-order valence-electron chi connectivity index (χ3n) is 15.4. The topological polar surface area (TPSA) is 241 Å². The van der Waals surface area contributed by atoms with E-state index in [4.69, 9.17) is 14.2 Å². The Morgan fingerprint density at radius 1 is 0.913 bits per heavy atom. The second kappa shape index (κ2) is 25.7. The highest BCUT2D eigenvalue weighted by Gasteiger charge is 2.53. The molecule has 1 saturated carbocycles. The normalized spacial score (nSPS) is 38.8. The quantitative estimate of drug-likeness (QED) is 0.155. The SMILES string of the molecule is CO[C@H]1C[C@@H]2CC[C@@H](C)[C@@](O)(O2)C(=O)C(=O)N2CCCC[C@H]2C(=O)O[C@H]([C@H](C)CC2CC[C@@H](n3cnnn3)[C@H](CO)C2)CC(=O)[C@H](C)/C=C(\C)[C@@H](O)[C@@H](CO)C(=O)[C@H](C)C[C@H](C)/C=C/C=C/C=C/1C. The van der Waals surface area contributed by atoms with Crippen LogP contribution in [0.25, 0.3) is 0 Å². The van der Waals surface area contributed by atoms with Gasteiger partial charge in [-0.2, -0.15) is 0 Å². The molecule has 0 spiro atoms. The van der Waals surface area contributed by atoms with E-state index < -0.39 is 84.2 Å². The monoisotopic (exact) mass is 966 g/mol. The van der Waals surface area contributed by atoms with Crippen LogP contribution in [0.2, 0.25) is 0 Å². The molecule has 1 unspecified atom stereocenters. The number of hydrogen-bond donors (Lipinski definition) is 4. The number of ether oxygens (including phenoxy) is 3. The summed E-state index contributed by atoms with van der Waals surface area (Å²) in [6.45, 7) is 11.9. The van der Waals surface area contributed by atoms with Gasteiger partial charge in [0, 0.05) is 56.8 Å². The van der Waals surface area contributed by atoms with E-state index >= 15 is 0 Å². The van der Waals surface area contributed by atoms with E-state index in [0.29, 0.717) is 63.4 Å². The number of hydrogen-bond acceptors (Lipinski definition) is 15. The number of aromatic nitrogens is 4. The summed E-state index contributed by atoms with van der Waals surface area (Å²) in [6.07, 6.45) is 14.7. The minimum Gasteiger partial charge on any atom is -0.460 e. The summed E-state index contributed by atoms with van der Waals surface area (Å²) >= 11 is 0. The molecule has 1 aliphatic carbocycles. The number of amides is 1. The first-order valence-electron chi connectivity index (χ1n) is 25.2. The Hall–Kier alpha value is -4.26. The van der Waals surface area contributed by atoms with Crippen LogP contribution in [0.5, 0.6) is 0 Å². The Kier molecular flexibility index (Phi) is 20.8. The first kappa shape index (κ1) is 55.7. The molecule has 17 nitrogen and oxygen atoms in total. The second-order valence-electron chi connectivity index (χ2n) is 20.7. The van der Waals surface area contributed by atoms with Crippen molar-refractivity contribution in [3.63, 3.8) is 0 Å². The lowest BCUT2D eigenvalue weighted by molar-refractivity contribution is -0.265. The van der Waals surface area contributed by atoms with Crippen molar-refractivity contribution in [1.82, 2.24) is 25.1 Å². The standard InChI is InChI=1S/C52H79N5O12/c1-31-14-10-9-11-15-32(2)45(67-8)26-40-19-17-37(7)52(66,69-40)49(63)50(64)56-21-13-12-16-43(56)51(65)68-46(34(4)24-38-18-20-42(39(25-38)28-58)57-30-53-54-55-57)27-44(60)33(3)23-36(6)48(62)41(29-59)47(61)35(5)22-31/h9-11,14-15,23,30-31,33-35,37-43,45-46,48,58-59,62,66H,12-13,16-22,24-29H2,1-8H3/b11-9+,14-10+,32-15+,36-23+/t31-,33-,34-,35-,37-,38?,39+,40+,41+,42-,43+,45+,46+,48-,52-/m1/s1. The molecule has 3 fully saturated rings. The summed E-state index contributed by atoms with van der Waals surface area (Å²) in [5, 5.41) is 55.8. The fourth-order valence-corrected chi connectivity index (χ4v) is 11.0. The summed E-state index contributed by atoms with van der Waals surface area (Å²) in [4.78, 5) is 72.2. The summed E-state index contributed by atoms with van der Waals surface area (Å²) in [5.41, 5.74) is 1.21. The molecule has 15 atom stereocenters. The van der Waals surface area contributed by atoms with Gasteiger partial charge in [-0.25, -0.2) is 9.48 Å². The molecule has 1 amide bonds. The summed E-state index contributed by atoms with van der Waals surface area (Å²) in [6, 6.07) is -1.25. The number of nitrogens with zero attached hydrogens (tertiary/aromatic N) is 5. The van der Waals surface area contributed by atoms with Crippen LogP contribution < -0.4 is 0 Å². The number of carbonyl (C=O) groups excluding carboxylic acids is 5. The highest BCUT2D eigenvalue weighted by atomic mass is 16.6. The Balaban J connectivity index is 1.46. The van der Waals surface area contributed by atoms with E-state index in [1.165, 1.54) is 4.90 Å². The lowest BCUT2D eigenvalue weighted by atomic mass is 9.74. The number of aliphatic hydroxyl groups excluding tert-OH is 3. The number of piperidine rings is 1. The van der Waals surface area contributed by atoms with Crippen molar-refractivity contribution in [1.29, 1.82) is 0 Å². The zero-order valence-corrected chi connectivity index (χ0v) is 42.0. The molecule has 5 rings (SSSR count). The number of fused-ring (bicyclic) bond motifs is 3. The van der Waals surface area contributed by atoms with Crippen molar-refractivity contribution in [2.75, 3.05) is 26.9 Å². The molecule has 0 aromatic carbocycles. The van der Waals surface area contributed by atoms with Crippen LogP contribution >= 0.6 is 0 Å². The van der Waals surface area contributed by atoms with Gasteiger partial charge < -0.3 is 39.5 Å². The molecular formula is C52H79N5O12. The van der Waals surface area contributed by atoms with Crippen molar-refractivity contribution in [3.8, 4) is 0 Å². The number of aliphatic hydroxyl groups is 4. The number of ketones is 3. The molecule has 1 aromatic rings. The van der Waals surface area contributed by atoms with Crippen LogP contribution in [0.3, 0.4) is 0 Å². The Bertz CT molecular complexity index is 2020. The molecule has 17 heteroatoms. The molecule has 2 saturated heterocycles. The summed E-state index contributed by atoms with van der Waals surface area (Å²) in [5.74, 6) is -9.51. The lowest BCUT2D eigenvalue weighted by Crippen LogP contribution is -2.61. The highest BCUT2D eigenvalue weighted by molar-refractivity contribution is 6.39. The predicted octanol–water partition coefficient (Wildman–Crippen LogP) is 5.23. The number of methoxy groups -OCH3 is 1. The zero-order chi connectivity index (χ0) is 50.6. The molecule has 69 heavy (non-hydrogen) atoms. The first-order chi connectivity index (χ1) is 32.8. The van der Waals surface area contributed by atoms with Crippen molar-refractivity contribution < 1.29 is 58.6 Å². The van der Waals surface area contributed by atoms with Gasteiger partial charge in [-0.15, -0.1) is 5.10 Å². The van der Waals surface area contributed by atoms with Crippen molar-refractivity contribution >= 4 is 29.2 Å². The second-order valence-corrected chi connectivity index (χ2v) is 20.7. The maximum Gasteiger partial charge on any atom is 0.329 e. The van der Waals surface area contributed by atoms with Gasteiger partial charge in [0.2, 0.25) is 5.79 Å². The van der Waals surface area contributed by atoms with Crippen LogP contribution in [0.1, 0.15) is 132 Å². The molecule has 384 valence electrons. The van der Waals surface area contributed by atoms with Crippen LogP contribution in [0, 0.1) is 47.3 Å². The van der Waals surface area contributed by atoms with Crippen molar-refractivity contribution in [2.45, 2.75) is 168 Å². The van der Waals surface area contributed by atoms with Gasteiger partial charge in [0.05, 0.1) is 36.9 Å². The van der Waals surface area contributed by atoms with Gasteiger partial charge >= 0.3 is 5.97 Å². The van der Waals surface area contributed by atoms with Gasteiger partial charge in [0.1, 0.15) is 30.0 Å². The summed E-state index contributed by atoms with van der Waals surface area (Å²) in [7, 11) is 1.57. The average Bonchev–Trinajstić information content (AvgIpc) is 3.88. The number of esters is 1. The maximum absolute atomic E-state index is 14.5. The molecule has 3 aliphatic heterocycles. The highest BCUT2D eigenvalue weighted by Crippen LogP contribution is 2.41. The number of Topliss-reactive ketones (excluding diaryl/α,β-unsaturated/α-hetero) is 3. The Morgan fingerprint density at radius 3 is 2.35 bits per heavy atom. The van der Waals surface area contributed by atoms with Crippen LogP contribution in [0.4, 0.5) is 0 Å². The Labute approximate surface area is 407 Å². The van der Waals surface area contributed by atoms with Crippen LogP contribution in [-0.2, 0) is 38.2 Å². The van der Waals surface area contributed by atoms with E-state index in [0.717, 1.165) is 12.0 Å². The first-order valence-corrected chi connectivity index (χ1v) is 25.2. The molecular weight excluding hydrogens is 887 g/mol. The predicted molar refractivity (Wildman–Crippen MR) is 256 cm³/mol. The van der Waals surface area contributed by atoms with E-state index in [9.17, 15) is 44.4 Å². The zero-order valence-electron chi connectivity index (χ0n) is 42.0. The van der Waals surface area contributed by atoms with E-state index in [1.54, 1.807) is 51.9 Å². The number of allylic oxidation sites excluding steroid dienone is 6. The van der Waals surface area contributed by atoms with E-state index in [-0.39, 0.29) is 67.3 Å². The molecule has 0 radical (unpaired) electrons. The van der Waals surface area contributed by atoms with Gasteiger partial charge in [-0.3, -0.25) is 19.2 Å². The minimum atomic E-state index is -2.45. The molecule has 2 bridgehead atoms. The molecule has 4 heterocycles. The molecule has 1 aromatic heterocycles. The number of cyclic esters (lactones) is 1. The van der Waals surface area contributed by atoms with Crippen molar-refractivity contribution in [3.05, 3.63) is 53.9 Å². The minimum absolute atomic E-state index is 0.0140. The average molecular weight is 966 g/mol. The largest absolute Gasteiger partial charge is 0.460 e. The van der Waals surface area contributed by atoms with Crippen molar-refractivity contribution in [2.24, 2.45) is 47.3 Å². The van der Waals surface area contributed by atoms with Crippen LogP contribution in [0.15, 0.2) is 53.9 Å². The smallest absolute Gasteiger partial charge is 0.329 e. The number of carbonyl (C=O) groups is 5. The Morgan fingerprint density at radius 2 is 1.67 bits per heavy atom. The van der Waals surface area contributed by atoms with Gasteiger partial charge in [-0.05, 0) is 117 Å². The fraction of sp³-hybridized carbons (Fsp3) is 0.731. The number of rotatable bonds is 7. The van der Waals surface area contributed by atoms with E-state index in [1.807, 2.05) is 51.2 Å². The summed E-state index contributed by atoms with van der Waals surface area (Å²) < 4.78 is 20.0. The lowest BCUT2D eigenvalue weighted by Gasteiger charge is -2.42. The molecule has 4 N–H and O–H groups in total. The third-order valence-corrected chi connectivity index (χ3v) is 15.4. The van der Waals surface area contributed by atoms with Gasteiger partial charge in [-0.1, -0.05) is 71.1 Å². The fourth-order valence-electron chi connectivity index (χ4n) is 11.0. The number of tetrazole rings is 1. The molecule has 4 aliphatic rings. The third kappa shape index (κ3) is 14.2.